The molecule has 7 heteroatoms. The molecular weight excluding hydrogens is 304 g/mol. The summed E-state index contributed by atoms with van der Waals surface area (Å²) in [7, 11) is 1.76. The average Bonchev–Trinajstić information content (AvgIpc) is 3.36. The van der Waals surface area contributed by atoms with Crippen LogP contribution in [-0.4, -0.2) is 49.6 Å². The Bertz CT molecular complexity index is 770. The summed E-state index contributed by atoms with van der Waals surface area (Å²) in [5.74, 6) is 0.977. The van der Waals surface area contributed by atoms with Crippen molar-refractivity contribution >= 4 is 0 Å². The van der Waals surface area contributed by atoms with Crippen molar-refractivity contribution in [3.8, 4) is 5.69 Å². The summed E-state index contributed by atoms with van der Waals surface area (Å²) in [6, 6.07) is 10.1. The van der Waals surface area contributed by atoms with E-state index in [1.54, 1.807) is 18.1 Å². The molecule has 1 aliphatic rings. The molecule has 2 aromatic heterocycles. The van der Waals surface area contributed by atoms with Gasteiger partial charge < -0.3 is 9.72 Å². The minimum absolute atomic E-state index is 0.212. The summed E-state index contributed by atoms with van der Waals surface area (Å²) in [6.45, 7) is 1.58. The van der Waals surface area contributed by atoms with Crippen LogP contribution in [0.4, 0.5) is 0 Å². The highest BCUT2D eigenvalue weighted by Crippen LogP contribution is 2.32. The van der Waals surface area contributed by atoms with E-state index in [9.17, 15) is 0 Å². The van der Waals surface area contributed by atoms with Crippen molar-refractivity contribution in [1.82, 2.24) is 29.9 Å². The third kappa shape index (κ3) is 2.95. The van der Waals surface area contributed by atoms with Gasteiger partial charge in [-0.1, -0.05) is 18.2 Å². The van der Waals surface area contributed by atoms with Gasteiger partial charge in [0.05, 0.1) is 29.7 Å². The summed E-state index contributed by atoms with van der Waals surface area (Å²) in [6.07, 6.45) is 6.62. The van der Waals surface area contributed by atoms with Crippen LogP contribution in [0.15, 0.2) is 48.9 Å². The summed E-state index contributed by atoms with van der Waals surface area (Å²) in [4.78, 5) is 11.6. The standard InChI is InChI=1S/C17H20N6O/c1-24-15-9-16(17-18-7-8-19-17)22(12-15)11-13-10-20-23(21-13)14-5-3-2-4-6-14/h2-8,10,15-16H,9,11-12H2,1H3,(H,18,19)/t15-,16?/m1/s1. The normalized spacial score (nSPS) is 21.4. The highest BCUT2D eigenvalue weighted by atomic mass is 16.5. The number of benzene rings is 1. The molecule has 124 valence electrons. The Morgan fingerprint density at radius 1 is 1.29 bits per heavy atom. The van der Waals surface area contributed by atoms with E-state index >= 15 is 0 Å². The number of aromatic nitrogens is 5. The van der Waals surface area contributed by atoms with Gasteiger partial charge in [0.1, 0.15) is 5.82 Å². The van der Waals surface area contributed by atoms with Crippen LogP contribution in [-0.2, 0) is 11.3 Å². The van der Waals surface area contributed by atoms with Crippen LogP contribution in [0.5, 0.6) is 0 Å². The first-order valence-corrected chi connectivity index (χ1v) is 8.06. The van der Waals surface area contributed by atoms with Crippen molar-refractivity contribution in [2.75, 3.05) is 13.7 Å². The fourth-order valence-electron chi connectivity index (χ4n) is 3.21. The molecule has 0 radical (unpaired) electrons. The Labute approximate surface area is 140 Å². The first-order valence-electron chi connectivity index (χ1n) is 8.06. The van der Waals surface area contributed by atoms with E-state index in [4.69, 9.17) is 4.74 Å². The van der Waals surface area contributed by atoms with Crippen LogP contribution < -0.4 is 0 Å². The highest BCUT2D eigenvalue weighted by Gasteiger charge is 2.35. The number of nitrogens with zero attached hydrogens (tertiary/aromatic N) is 5. The maximum absolute atomic E-state index is 5.56. The van der Waals surface area contributed by atoms with Gasteiger partial charge in [0.2, 0.25) is 0 Å². The third-order valence-electron chi connectivity index (χ3n) is 4.42. The molecule has 1 saturated heterocycles. The lowest BCUT2D eigenvalue weighted by Gasteiger charge is -2.21. The molecule has 3 heterocycles. The van der Waals surface area contributed by atoms with E-state index in [1.807, 2.05) is 42.7 Å². The Balaban J connectivity index is 1.52. The Kier molecular flexibility index (Phi) is 4.10. The number of rotatable bonds is 5. The third-order valence-corrected chi connectivity index (χ3v) is 4.42. The van der Waals surface area contributed by atoms with Crippen molar-refractivity contribution in [3.63, 3.8) is 0 Å². The zero-order valence-electron chi connectivity index (χ0n) is 13.5. The van der Waals surface area contributed by atoms with Crippen LogP contribution in [0.2, 0.25) is 0 Å². The number of hydrogen-bond acceptors (Lipinski definition) is 5. The van der Waals surface area contributed by atoms with Gasteiger partial charge in [0.15, 0.2) is 0 Å². The monoisotopic (exact) mass is 324 g/mol. The quantitative estimate of drug-likeness (QED) is 0.777. The first kappa shape index (κ1) is 15.0. The van der Waals surface area contributed by atoms with Gasteiger partial charge in [0, 0.05) is 32.6 Å². The second-order valence-electron chi connectivity index (χ2n) is 5.97. The molecule has 1 N–H and O–H groups in total. The Morgan fingerprint density at radius 2 is 2.17 bits per heavy atom. The molecular formula is C17H20N6O. The van der Waals surface area contributed by atoms with Crippen molar-refractivity contribution < 1.29 is 4.74 Å². The molecule has 1 aromatic carbocycles. The number of para-hydroxylation sites is 1. The molecule has 0 bridgehead atoms. The zero-order chi connectivity index (χ0) is 16.4. The Hall–Kier alpha value is -2.51. The van der Waals surface area contributed by atoms with Gasteiger partial charge in [-0.05, 0) is 18.6 Å². The van der Waals surface area contributed by atoms with Crippen LogP contribution in [0, 0.1) is 0 Å². The molecule has 2 atom stereocenters. The topological polar surface area (TPSA) is 71.9 Å². The lowest BCUT2D eigenvalue weighted by Crippen LogP contribution is -2.25. The molecule has 0 aliphatic carbocycles. The number of aromatic amines is 1. The summed E-state index contributed by atoms with van der Waals surface area (Å²) >= 11 is 0. The van der Waals surface area contributed by atoms with Crippen molar-refractivity contribution in [2.24, 2.45) is 0 Å². The second kappa shape index (κ2) is 6.54. The minimum atomic E-state index is 0.212. The molecule has 7 nitrogen and oxygen atoms in total. The minimum Gasteiger partial charge on any atom is -0.380 e. The summed E-state index contributed by atoms with van der Waals surface area (Å²) in [5, 5.41) is 8.98. The number of H-pyrrole nitrogens is 1. The SMILES string of the molecule is CO[C@@H]1CC(c2ncc[nH]2)N(Cc2cnn(-c3ccccc3)n2)C1. The van der Waals surface area contributed by atoms with Crippen LogP contribution in [0.1, 0.15) is 24.0 Å². The Morgan fingerprint density at radius 3 is 2.92 bits per heavy atom. The van der Waals surface area contributed by atoms with Crippen molar-refractivity contribution in [1.29, 1.82) is 0 Å². The lowest BCUT2D eigenvalue weighted by molar-refractivity contribution is 0.107. The first-order chi connectivity index (χ1) is 11.8. The number of methoxy groups -OCH3 is 1. The van der Waals surface area contributed by atoms with Crippen LogP contribution in [0.25, 0.3) is 5.69 Å². The molecule has 1 fully saturated rings. The van der Waals surface area contributed by atoms with Crippen molar-refractivity contribution in [3.05, 3.63) is 60.4 Å². The van der Waals surface area contributed by atoms with Crippen LogP contribution >= 0.6 is 0 Å². The van der Waals surface area contributed by atoms with Gasteiger partial charge in [-0.15, -0.1) is 0 Å². The maximum Gasteiger partial charge on any atom is 0.123 e. The van der Waals surface area contributed by atoms with E-state index in [-0.39, 0.29) is 12.1 Å². The molecule has 3 aromatic rings. The fraction of sp³-hybridized carbons (Fsp3) is 0.353. The molecule has 24 heavy (non-hydrogen) atoms. The predicted molar refractivity (Wildman–Crippen MR) is 88.5 cm³/mol. The van der Waals surface area contributed by atoms with Gasteiger partial charge >= 0.3 is 0 Å². The van der Waals surface area contributed by atoms with E-state index in [0.717, 1.165) is 36.7 Å². The summed E-state index contributed by atoms with van der Waals surface area (Å²) < 4.78 is 5.56. The smallest absolute Gasteiger partial charge is 0.123 e. The van der Waals surface area contributed by atoms with Crippen LogP contribution in [0.3, 0.4) is 0 Å². The van der Waals surface area contributed by atoms with Gasteiger partial charge in [-0.25, -0.2) is 4.98 Å². The van der Waals surface area contributed by atoms with Gasteiger partial charge in [0.25, 0.3) is 0 Å². The number of nitrogens with one attached hydrogen (secondary N) is 1. The van der Waals surface area contributed by atoms with Gasteiger partial charge in [-0.2, -0.15) is 15.0 Å². The molecule has 0 amide bonds. The second-order valence-corrected chi connectivity index (χ2v) is 5.97. The zero-order valence-corrected chi connectivity index (χ0v) is 13.5. The van der Waals surface area contributed by atoms with Crippen molar-refractivity contribution in [2.45, 2.75) is 25.1 Å². The average molecular weight is 324 g/mol. The predicted octanol–water partition coefficient (Wildman–Crippen LogP) is 1.95. The lowest BCUT2D eigenvalue weighted by atomic mass is 10.2. The number of ether oxygens (including phenoxy) is 1. The van der Waals surface area contributed by atoms with Gasteiger partial charge in [-0.3, -0.25) is 4.90 Å². The number of likely N-dealkylation sites (tertiary alicyclic amines) is 1. The molecule has 4 rings (SSSR count). The summed E-state index contributed by atoms with van der Waals surface area (Å²) in [5.41, 5.74) is 1.90. The highest BCUT2D eigenvalue weighted by molar-refractivity contribution is 5.28. The van der Waals surface area contributed by atoms with E-state index in [2.05, 4.69) is 25.1 Å². The van der Waals surface area contributed by atoms with E-state index < -0.39 is 0 Å². The molecule has 1 aliphatic heterocycles. The molecule has 0 saturated carbocycles. The fourth-order valence-corrected chi connectivity index (χ4v) is 3.21. The number of hydrogen-bond donors (Lipinski definition) is 1. The van der Waals surface area contributed by atoms with E-state index in [1.165, 1.54) is 0 Å². The maximum atomic E-state index is 5.56. The molecule has 1 unspecified atom stereocenters. The molecule has 0 spiro atoms. The number of imidazole rings is 1. The largest absolute Gasteiger partial charge is 0.380 e. The van der Waals surface area contributed by atoms with E-state index in [0.29, 0.717) is 0 Å².